The Morgan fingerprint density at radius 2 is 0.817 bits per heavy atom. The van der Waals surface area contributed by atoms with Gasteiger partial charge in [0.15, 0.2) is 0 Å². The summed E-state index contributed by atoms with van der Waals surface area (Å²) in [4.78, 5) is 4.54. The zero-order valence-electron chi connectivity index (χ0n) is 34.3. The summed E-state index contributed by atoms with van der Waals surface area (Å²) < 4.78 is 28.8. The van der Waals surface area contributed by atoms with Gasteiger partial charge in [0.25, 0.3) is 0 Å². The number of anilines is 6. The number of nitrogens with zero attached hydrogens (tertiary/aromatic N) is 5. The molecule has 0 aliphatic rings. The normalized spacial score (nSPS) is 11.2. The van der Waals surface area contributed by atoms with Crippen molar-refractivity contribution < 1.29 is 23.5 Å². The first-order valence-electron chi connectivity index (χ1n) is 19.8. The molecular formula is C51H46N5O4+. The van der Waals surface area contributed by atoms with Gasteiger partial charge in [-0.3, -0.25) is 0 Å². The molecule has 0 fully saturated rings. The van der Waals surface area contributed by atoms with Crippen LogP contribution in [0, 0.1) is 0 Å². The maximum atomic E-state index is 5.54. The molecule has 60 heavy (non-hydrogen) atoms. The van der Waals surface area contributed by atoms with Crippen molar-refractivity contribution in [3.8, 4) is 28.7 Å². The van der Waals surface area contributed by atoms with Crippen molar-refractivity contribution in [1.82, 2.24) is 9.13 Å². The van der Waals surface area contributed by atoms with Crippen molar-refractivity contribution in [3.05, 3.63) is 182 Å². The van der Waals surface area contributed by atoms with Crippen molar-refractivity contribution in [2.24, 2.45) is 7.05 Å². The first-order valence-corrected chi connectivity index (χ1v) is 19.8. The predicted octanol–water partition coefficient (Wildman–Crippen LogP) is 11.4. The van der Waals surface area contributed by atoms with Crippen LogP contribution in [0.15, 0.2) is 176 Å². The van der Waals surface area contributed by atoms with Gasteiger partial charge in [-0.25, -0.2) is 9.13 Å². The highest BCUT2D eigenvalue weighted by Crippen LogP contribution is 2.43. The number of ether oxygens (including phenoxy) is 4. The summed E-state index contributed by atoms with van der Waals surface area (Å²) in [5, 5.41) is 2.27. The van der Waals surface area contributed by atoms with Crippen molar-refractivity contribution >= 4 is 55.9 Å². The van der Waals surface area contributed by atoms with Gasteiger partial charge in [-0.15, -0.1) is 0 Å². The molecule has 0 unspecified atom stereocenters. The van der Waals surface area contributed by atoms with E-state index in [-0.39, 0.29) is 0 Å². The van der Waals surface area contributed by atoms with Crippen molar-refractivity contribution in [2.75, 3.05) is 38.2 Å². The first kappa shape index (κ1) is 37.9. The molecule has 0 saturated heterocycles. The Morgan fingerprint density at radius 1 is 0.450 bits per heavy atom. The van der Waals surface area contributed by atoms with Crippen LogP contribution in [-0.4, -0.2) is 37.6 Å². The summed E-state index contributed by atoms with van der Waals surface area (Å²) in [7, 11) is 8.79. The van der Waals surface area contributed by atoms with E-state index < -0.39 is 0 Å². The number of hydrogen-bond acceptors (Lipinski definition) is 6. The van der Waals surface area contributed by atoms with Crippen LogP contribution in [0.5, 0.6) is 23.0 Å². The average molecular weight is 793 g/mol. The number of imidazole rings is 1. The van der Waals surface area contributed by atoms with Gasteiger partial charge >= 0.3 is 0 Å². The third kappa shape index (κ3) is 7.33. The predicted molar refractivity (Wildman–Crippen MR) is 241 cm³/mol. The van der Waals surface area contributed by atoms with Crippen LogP contribution < -0.4 is 33.3 Å². The molecule has 2 aromatic heterocycles. The lowest BCUT2D eigenvalue weighted by atomic mass is 10.1. The van der Waals surface area contributed by atoms with Gasteiger partial charge in [-0.1, -0.05) is 12.1 Å². The molecule has 9 aromatic rings. The molecule has 0 radical (unpaired) electrons. The molecular weight excluding hydrogens is 747 g/mol. The van der Waals surface area contributed by atoms with E-state index in [1.54, 1.807) is 28.4 Å². The topological polar surface area (TPSA) is 57.1 Å². The highest BCUT2D eigenvalue weighted by Gasteiger charge is 2.20. The van der Waals surface area contributed by atoms with Crippen molar-refractivity contribution in [3.63, 3.8) is 0 Å². The van der Waals surface area contributed by atoms with E-state index in [0.29, 0.717) is 6.54 Å². The fourth-order valence-electron chi connectivity index (χ4n) is 7.91. The lowest BCUT2D eigenvalue weighted by Crippen LogP contribution is -2.23. The summed E-state index contributed by atoms with van der Waals surface area (Å²) in [5.74, 6) is 3.20. The van der Waals surface area contributed by atoms with E-state index >= 15 is 0 Å². The van der Waals surface area contributed by atoms with Gasteiger partial charge in [0, 0.05) is 62.5 Å². The summed E-state index contributed by atoms with van der Waals surface area (Å²) in [6.07, 6.45) is 6.18. The third-order valence-electron chi connectivity index (χ3n) is 11.0. The van der Waals surface area contributed by atoms with E-state index in [0.717, 1.165) is 84.6 Å². The Labute approximate surface area is 350 Å². The molecule has 0 bridgehead atoms. The van der Waals surface area contributed by atoms with E-state index in [1.165, 1.54) is 5.56 Å². The Bertz CT molecular complexity index is 2630. The monoisotopic (exact) mass is 792 g/mol. The molecule has 0 aliphatic carbocycles. The smallest absolute Gasteiger partial charge is 0.248 e. The van der Waals surface area contributed by atoms with E-state index in [2.05, 4.69) is 141 Å². The highest BCUT2D eigenvalue weighted by molar-refractivity contribution is 6.11. The summed E-state index contributed by atoms with van der Waals surface area (Å²) in [6.45, 7) is 0.694. The Morgan fingerprint density at radius 3 is 1.15 bits per heavy atom. The maximum absolute atomic E-state index is 5.54. The molecule has 0 amide bonds. The first-order chi connectivity index (χ1) is 29.4. The second kappa shape index (κ2) is 16.3. The molecule has 9 rings (SSSR count). The van der Waals surface area contributed by atoms with Crippen LogP contribution in [-0.2, 0) is 13.6 Å². The lowest BCUT2D eigenvalue weighted by Gasteiger charge is -2.26. The van der Waals surface area contributed by atoms with Crippen molar-refractivity contribution in [1.29, 1.82) is 0 Å². The highest BCUT2D eigenvalue weighted by atomic mass is 16.5. The molecule has 0 spiro atoms. The minimum Gasteiger partial charge on any atom is -0.497 e. The number of aromatic nitrogens is 3. The second-order valence-electron chi connectivity index (χ2n) is 14.6. The van der Waals surface area contributed by atoms with E-state index in [4.69, 9.17) is 18.9 Å². The summed E-state index contributed by atoms with van der Waals surface area (Å²) >= 11 is 0. The minimum atomic E-state index is 0.694. The third-order valence-corrected chi connectivity index (χ3v) is 11.0. The number of hydrogen-bond donors (Lipinski definition) is 0. The lowest BCUT2D eigenvalue weighted by molar-refractivity contribution is -0.670. The van der Waals surface area contributed by atoms with Crippen molar-refractivity contribution in [2.45, 2.75) is 6.54 Å². The fraction of sp³-hybridized carbons (Fsp3) is 0.118. The Balaban J connectivity index is 1.23. The van der Waals surface area contributed by atoms with Crippen LogP contribution in [0.3, 0.4) is 0 Å². The van der Waals surface area contributed by atoms with Gasteiger partial charge in [0.05, 0.1) is 35.5 Å². The van der Waals surface area contributed by atoms with Crippen LogP contribution in [0.1, 0.15) is 5.56 Å². The summed E-state index contributed by atoms with van der Waals surface area (Å²) in [5.41, 5.74) is 10.7. The van der Waals surface area contributed by atoms with E-state index in [1.807, 2.05) is 66.3 Å². The molecule has 0 saturated carbocycles. The van der Waals surface area contributed by atoms with Gasteiger partial charge in [0.2, 0.25) is 6.33 Å². The van der Waals surface area contributed by atoms with Crippen LogP contribution in [0.2, 0.25) is 0 Å². The van der Waals surface area contributed by atoms with Gasteiger partial charge in [-0.05, 0) is 151 Å². The Kier molecular flexibility index (Phi) is 10.3. The zero-order valence-corrected chi connectivity index (χ0v) is 34.3. The van der Waals surface area contributed by atoms with Gasteiger partial charge < -0.3 is 33.3 Å². The van der Waals surface area contributed by atoms with Crippen LogP contribution >= 0.6 is 0 Å². The van der Waals surface area contributed by atoms with Crippen LogP contribution in [0.25, 0.3) is 27.5 Å². The Hall–Kier alpha value is -7.65. The number of rotatable bonds is 13. The fourth-order valence-corrected chi connectivity index (χ4v) is 7.91. The molecule has 0 N–H and O–H groups in total. The standard InChI is InChI=1S/C51H46N5O4/c1-52-30-31-53(35-52)37-8-6-36(7-9-37)34-54-50-28-18-42(55(38-10-20-44(57-2)21-11-38)39-12-22-45(58-3)23-13-39)32-48(50)49-33-43(19-29-51(49)54)56(40-14-24-46(59-4)25-15-40)41-16-26-47(60-5)27-17-41/h6-33,35H,34H2,1-5H3/q+1. The molecule has 298 valence electrons. The maximum Gasteiger partial charge on any atom is 0.248 e. The van der Waals surface area contributed by atoms with Gasteiger partial charge in [-0.2, -0.15) is 0 Å². The quantitative estimate of drug-likeness (QED) is 0.108. The SMILES string of the molecule is COc1ccc(N(c2ccc(OC)cc2)c2ccc3c(c2)c2cc(N(c4ccc(OC)cc4)c4ccc(OC)cc4)ccc2n3Cc2ccc(-n3cc[n+](C)c3)cc2)cc1. The second-order valence-corrected chi connectivity index (χ2v) is 14.6. The number of fused-ring (bicyclic) bond motifs is 3. The molecule has 9 heteroatoms. The van der Waals surface area contributed by atoms with Gasteiger partial charge in [0.1, 0.15) is 41.1 Å². The molecule has 2 heterocycles. The molecule has 0 atom stereocenters. The number of aryl methyl sites for hydroxylation is 1. The van der Waals surface area contributed by atoms with Crippen LogP contribution in [0.4, 0.5) is 34.1 Å². The average Bonchev–Trinajstić information content (AvgIpc) is 3.88. The molecule has 0 aliphatic heterocycles. The molecule has 9 nitrogen and oxygen atoms in total. The zero-order chi connectivity index (χ0) is 41.2. The number of benzene rings is 7. The largest absolute Gasteiger partial charge is 0.497 e. The number of methoxy groups -OCH3 is 4. The van der Waals surface area contributed by atoms with E-state index in [9.17, 15) is 0 Å². The minimum absolute atomic E-state index is 0.694. The summed E-state index contributed by atoms with van der Waals surface area (Å²) in [6, 6.07) is 55.1. The molecule has 7 aromatic carbocycles.